The van der Waals surface area contributed by atoms with Gasteiger partial charge >= 0.3 is 11.7 Å². The van der Waals surface area contributed by atoms with E-state index in [1.165, 1.54) is 16.2 Å². The topological polar surface area (TPSA) is 121 Å². The van der Waals surface area contributed by atoms with E-state index in [1.807, 2.05) is 56.3 Å². The van der Waals surface area contributed by atoms with E-state index in [-0.39, 0.29) is 17.6 Å². The number of pyridine rings is 1. The number of nitrogens with two attached hydrogens (primary N) is 1. The summed E-state index contributed by atoms with van der Waals surface area (Å²) in [5, 5.41) is 4.82. The van der Waals surface area contributed by atoms with Crippen LogP contribution < -0.4 is 11.4 Å². The number of esters is 1. The van der Waals surface area contributed by atoms with Crippen LogP contribution in [-0.4, -0.2) is 61.8 Å². The molecule has 0 radical (unpaired) electrons. The fraction of sp³-hybridized carbons (Fsp3) is 0.414. The molecule has 39 heavy (non-hydrogen) atoms. The molecule has 1 aromatic carbocycles. The second-order valence-corrected chi connectivity index (χ2v) is 10.3. The van der Waals surface area contributed by atoms with Gasteiger partial charge in [-0.1, -0.05) is 30.3 Å². The summed E-state index contributed by atoms with van der Waals surface area (Å²) >= 11 is 0. The SMILES string of the molecule is COC(=O)CCN1CCC(CCn2nc3c(-c4cc(C)nc(C)c4)c(-c4ccccc4)nc(N)n3c2=O)CC1. The molecule has 5 rings (SSSR count). The highest BCUT2D eigenvalue weighted by Gasteiger charge is 2.24. The minimum atomic E-state index is -0.283. The average molecular weight is 530 g/mol. The molecule has 3 aromatic heterocycles. The number of hydrogen-bond donors (Lipinski definition) is 1. The number of nitrogens with zero attached hydrogens (tertiary/aromatic N) is 6. The van der Waals surface area contributed by atoms with Crippen LogP contribution in [-0.2, 0) is 16.1 Å². The zero-order chi connectivity index (χ0) is 27.5. The molecule has 204 valence electrons. The second-order valence-electron chi connectivity index (χ2n) is 10.3. The van der Waals surface area contributed by atoms with Crippen molar-refractivity contribution in [3.63, 3.8) is 0 Å². The maximum absolute atomic E-state index is 13.5. The summed E-state index contributed by atoms with van der Waals surface area (Å²) in [7, 11) is 1.42. The van der Waals surface area contributed by atoms with Crippen molar-refractivity contribution in [3.05, 3.63) is 64.3 Å². The van der Waals surface area contributed by atoms with Crippen molar-refractivity contribution >= 4 is 17.6 Å². The van der Waals surface area contributed by atoms with Crippen molar-refractivity contribution in [2.75, 3.05) is 32.5 Å². The van der Waals surface area contributed by atoms with Crippen LogP contribution in [0.25, 0.3) is 28.0 Å². The Balaban J connectivity index is 1.45. The minimum Gasteiger partial charge on any atom is -0.469 e. The Morgan fingerprint density at radius 2 is 1.72 bits per heavy atom. The third-order valence-corrected chi connectivity index (χ3v) is 7.49. The highest BCUT2D eigenvalue weighted by Crippen LogP contribution is 2.35. The number of fused-ring (bicyclic) bond motifs is 1. The molecule has 0 amide bonds. The Hall–Kier alpha value is -4.05. The van der Waals surface area contributed by atoms with Gasteiger partial charge in [-0.3, -0.25) is 9.78 Å². The van der Waals surface area contributed by atoms with Crippen LogP contribution in [0.5, 0.6) is 0 Å². The lowest BCUT2D eigenvalue weighted by Crippen LogP contribution is -2.36. The predicted octanol–water partition coefficient (Wildman–Crippen LogP) is 3.48. The number of aryl methyl sites for hydroxylation is 3. The monoisotopic (exact) mass is 529 g/mol. The first-order valence-corrected chi connectivity index (χ1v) is 13.4. The third kappa shape index (κ3) is 5.70. The Bertz CT molecular complexity index is 1520. The molecule has 0 spiro atoms. The van der Waals surface area contributed by atoms with Crippen molar-refractivity contribution in [1.29, 1.82) is 0 Å². The fourth-order valence-corrected chi connectivity index (χ4v) is 5.45. The molecule has 10 heteroatoms. The number of nitrogen functional groups attached to an aromatic ring is 1. The number of ether oxygens (including phenoxy) is 1. The van der Waals surface area contributed by atoms with Gasteiger partial charge in [-0.2, -0.15) is 0 Å². The van der Waals surface area contributed by atoms with Gasteiger partial charge in [-0.15, -0.1) is 5.10 Å². The lowest BCUT2D eigenvalue weighted by atomic mass is 9.93. The minimum absolute atomic E-state index is 0.116. The molecule has 1 aliphatic heterocycles. The van der Waals surface area contributed by atoms with Crippen molar-refractivity contribution in [1.82, 2.24) is 29.0 Å². The summed E-state index contributed by atoms with van der Waals surface area (Å²) in [5.41, 5.74) is 11.6. The van der Waals surface area contributed by atoms with Crippen LogP contribution in [0, 0.1) is 19.8 Å². The number of rotatable bonds is 8. The van der Waals surface area contributed by atoms with Crippen molar-refractivity contribution in [2.45, 2.75) is 46.1 Å². The molecule has 10 nitrogen and oxygen atoms in total. The summed E-state index contributed by atoms with van der Waals surface area (Å²) < 4.78 is 7.69. The molecule has 0 saturated carbocycles. The van der Waals surface area contributed by atoms with Crippen molar-refractivity contribution in [3.8, 4) is 22.4 Å². The third-order valence-electron chi connectivity index (χ3n) is 7.49. The number of anilines is 1. The number of likely N-dealkylation sites (tertiary alicyclic amines) is 1. The fourth-order valence-electron chi connectivity index (χ4n) is 5.45. The Kier molecular flexibility index (Phi) is 7.74. The second kappa shape index (κ2) is 11.4. The summed E-state index contributed by atoms with van der Waals surface area (Å²) in [4.78, 5) is 36.5. The first kappa shape index (κ1) is 26.6. The number of methoxy groups -OCH3 is 1. The van der Waals surface area contributed by atoms with Crippen LogP contribution in [0.4, 0.5) is 5.95 Å². The molecule has 0 bridgehead atoms. The van der Waals surface area contributed by atoms with E-state index in [1.54, 1.807) is 0 Å². The van der Waals surface area contributed by atoms with Crippen molar-refractivity contribution < 1.29 is 9.53 Å². The molecular formula is C29H35N7O3. The van der Waals surface area contributed by atoms with Gasteiger partial charge in [-0.25, -0.2) is 18.9 Å². The zero-order valence-electron chi connectivity index (χ0n) is 22.8. The molecule has 2 N–H and O–H groups in total. The van der Waals surface area contributed by atoms with Gasteiger partial charge in [0.05, 0.1) is 24.8 Å². The average Bonchev–Trinajstić information content (AvgIpc) is 3.27. The number of hydrogen-bond acceptors (Lipinski definition) is 8. The predicted molar refractivity (Wildman–Crippen MR) is 150 cm³/mol. The largest absolute Gasteiger partial charge is 0.469 e. The number of carbonyl (C=O) groups is 1. The maximum atomic E-state index is 13.5. The quantitative estimate of drug-likeness (QED) is 0.345. The number of benzene rings is 1. The molecule has 1 fully saturated rings. The summed E-state index contributed by atoms with van der Waals surface area (Å²) in [5.74, 6) is 0.422. The van der Waals surface area contributed by atoms with Crippen LogP contribution in [0.1, 0.15) is 37.1 Å². The van der Waals surface area contributed by atoms with E-state index in [9.17, 15) is 9.59 Å². The van der Waals surface area contributed by atoms with Crippen LogP contribution in [0.3, 0.4) is 0 Å². The summed E-state index contributed by atoms with van der Waals surface area (Å²) in [6.07, 6.45) is 3.30. The molecular weight excluding hydrogens is 494 g/mol. The van der Waals surface area contributed by atoms with E-state index < -0.39 is 0 Å². The standard InChI is InChI=1S/C29H35N7O3/c1-19-17-23(18-20(2)31-19)25-26(22-7-5-4-6-8-22)32-28(30)36-27(25)33-35(29(36)38)16-11-21-9-13-34(14-10-21)15-12-24(37)39-3/h4-8,17-18,21H,9-16H2,1-3H3,(H2,30,32). The smallest absolute Gasteiger partial charge is 0.353 e. The molecule has 0 unspecified atom stereocenters. The molecule has 0 aliphatic carbocycles. The first-order chi connectivity index (χ1) is 18.8. The van der Waals surface area contributed by atoms with E-state index in [2.05, 4.69) is 9.88 Å². The molecule has 4 aromatic rings. The number of carbonyl (C=O) groups excluding carboxylic acids is 1. The highest BCUT2D eigenvalue weighted by atomic mass is 16.5. The highest BCUT2D eigenvalue weighted by molar-refractivity contribution is 5.90. The molecule has 1 saturated heterocycles. The first-order valence-electron chi connectivity index (χ1n) is 13.4. The maximum Gasteiger partial charge on any atom is 0.353 e. The van der Waals surface area contributed by atoms with Gasteiger partial charge in [0, 0.05) is 30.0 Å². The summed E-state index contributed by atoms with van der Waals surface area (Å²) in [6, 6.07) is 13.8. The van der Waals surface area contributed by atoms with Gasteiger partial charge in [0.25, 0.3) is 0 Å². The lowest BCUT2D eigenvalue weighted by molar-refractivity contribution is -0.141. The zero-order valence-corrected chi connectivity index (χ0v) is 22.8. The number of piperidine rings is 1. The lowest BCUT2D eigenvalue weighted by Gasteiger charge is -2.31. The van der Waals surface area contributed by atoms with E-state index in [4.69, 9.17) is 20.6 Å². The van der Waals surface area contributed by atoms with Crippen LogP contribution in [0.2, 0.25) is 0 Å². The Morgan fingerprint density at radius 1 is 1.03 bits per heavy atom. The van der Waals surface area contributed by atoms with Crippen molar-refractivity contribution in [2.24, 2.45) is 5.92 Å². The molecule has 0 atom stereocenters. The Labute approximate surface area is 227 Å². The summed E-state index contributed by atoms with van der Waals surface area (Å²) in [6.45, 7) is 6.99. The van der Waals surface area contributed by atoms with Gasteiger partial charge in [-0.05, 0) is 69.8 Å². The Morgan fingerprint density at radius 3 is 2.38 bits per heavy atom. The van der Waals surface area contributed by atoms with Gasteiger partial charge in [0.2, 0.25) is 5.95 Å². The van der Waals surface area contributed by atoms with Gasteiger partial charge in [0.1, 0.15) is 0 Å². The van der Waals surface area contributed by atoms with Crippen LogP contribution >= 0.6 is 0 Å². The molecule has 4 heterocycles. The number of aromatic nitrogens is 5. The van der Waals surface area contributed by atoms with E-state index >= 15 is 0 Å². The van der Waals surface area contributed by atoms with Gasteiger partial charge in [0.15, 0.2) is 5.65 Å². The van der Waals surface area contributed by atoms with E-state index in [0.29, 0.717) is 30.2 Å². The van der Waals surface area contributed by atoms with Gasteiger partial charge < -0.3 is 15.4 Å². The normalized spacial score (nSPS) is 14.6. The molecule has 1 aliphatic rings. The van der Waals surface area contributed by atoms with E-state index in [0.717, 1.165) is 67.0 Å². The van der Waals surface area contributed by atoms with Crippen LogP contribution in [0.15, 0.2) is 47.3 Å².